The Bertz CT molecular complexity index is 553. The minimum Gasteiger partial charge on any atom is -0.349 e. The van der Waals surface area contributed by atoms with Crippen molar-refractivity contribution in [2.75, 3.05) is 0 Å². The van der Waals surface area contributed by atoms with Gasteiger partial charge in [-0.15, -0.1) is 0 Å². The van der Waals surface area contributed by atoms with Gasteiger partial charge < -0.3 is 9.88 Å². The Morgan fingerprint density at radius 3 is 2.19 bits per heavy atom. The second-order valence-electron chi connectivity index (χ2n) is 5.43. The summed E-state index contributed by atoms with van der Waals surface area (Å²) in [6, 6.07) is 12.4. The van der Waals surface area contributed by atoms with Crippen LogP contribution in [0.1, 0.15) is 45.2 Å². The van der Waals surface area contributed by atoms with Crippen molar-refractivity contribution in [1.82, 2.24) is 9.88 Å². The fourth-order valence-corrected chi connectivity index (χ4v) is 2.52. The standard InChI is InChI=1S/C18H24N2O/c1-4-15(5-2)18(21)19-14(3)16-8-10-17(11-9-16)20-12-6-7-13-20/h6-15H,4-5H2,1-3H3,(H,19,21). The van der Waals surface area contributed by atoms with Gasteiger partial charge in [-0.2, -0.15) is 0 Å². The van der Waals surface area contributed by atoms with E-state index in [1.165, 1.54) is 0 Å². The van der Waals surface area contributed by atoms with Gasteiger partial charge in [0, 0.05) is 24.0 Å². The lowest BCUT2D eigenvalue weighted by atomic mass is 10.0. The molecule has 3 nitrogen and oxygen atoms in total. The van der Waals surface area contributed by atoms with E-state index in [-0.39, 0.29) is 17.9 Å². The fourth-order valence-electron chi connectivity index (χ4n) is 2.52. The maximum Gasteiger partial charge on any atom is 0.223 e. The van der Waals surface area contributed by atoms with E-state index in [2.05, 4.69) is 48.0 Å². The van der Waals surface area contributed by atoms with Crippen molar-refractivity contribution in [3.8, 4) is 5.69 Å². The summed E-state index contributed by atoms with van der Waals surface area (Å²) in [4.78, 5) is 12.1. The number of hydrogen-bond donors (Lipinski definition) is 1. The first-order valence-corrected chi connectivity index (χ1v) is 7.69. The zero-order valence-corrected chi connectivity index (χ0v) is 13.0. The van der Waals surface area contributed by atoms with E-state index < -0.39 is 0 Å². The van der Waals surface area contributed by atoms with Gasteiger partial charge in [-0.25, -0.2) is 0 Å². The molecule has 2 aromatic rings. The van der Waals surface area contributed by atoms with Crippen LogP contribution in [0.25, 0.3) is 5.69 Å². The summed E-state index contributed by atoms with van der Waals surface area (Å²) in [6.45, 7) is 6.15. The first kappa shape index (κ1) is 15.4. The number of carbonyl (C=O) groups excluding carboxylic acids is 1. The molecule has 0 radical (unpaired) electrons. The highest BCUT2D eigenvalue weighted by Crippen LogP contribution is 2.17. The van der Waals surface area contributed by atoms with E-state index in [1.807, 2.05) is 31.5 Å². The van der Waals surface area contributed by atoms with Crippen LogP contribution in [0.15, 0.2) is 48.8 Å². The lowest BCUT2D eigenvalue weighted by Crippen LogP contribution is -2.32. The molecule has 0 fully saturated rings. The maximum atomic E-state index is 12.1. The van der Waals surface area contributed by atoms with Crippen LogP contribution in [-0.4, -0.2) is 10.5 Å². The van der Waals surface area contributed by atoms with Crippen LogP contribution in [0.4, 0.5) is 0 Å². The van der Waals surface area contributed by atoms with Crippen LogP contribution >= 0.6 is 0 Å². The normalized spacial score (nSPS) is 12.4. The third-order valence-corrected chi connectivity index (χ3v) is 4.01. The Hall–Kier alpha value is -2.03. The van der Waals surface area contributed by atoms with Gasteiger partial charge in [-0.1, -0.05) is 26.0 Å². The molecule has 0 bridgehead atoms. The summed E-state index contributed by atoms with van der Waals surface area (Å²) in [7, 11) is 0. The van der Waals surface area contributed by atoms with Crippen molar-refractivity contribution < 1.29 is 4.79 Å². The third kappa shape index (κ3) is 3.75. The Morgan fingerprint density at radius 2 is 1.67 bits per heavy atom. The van der Waals surface area contributed by atoms with Crippen molar-refractivity contribution in [2.24, 2.45) is 5.92 Å². The van der Waals surface area contributed by atoms with Crippen molar-refractivity contribution in [2.45, 2.75) is 39.7 Å². The molecule has 0 saturated heterocycles. The van der Waals surface area contributed by atoms with Gasteiger partial charge in [0.2, 0.25) is 5.91 Å². The van der Waals surface area contributed by atoms with Gasteiger partial charge >= 0.3 is 0 Å². The van der Waals surface area contributed by atoms with Gasteiger partial charge in [0.15, 0.2) is 0 Å². The summed E-state index contributed by atoms with van der Waals surface area (Å²) in [6.07, 6.45) is 5.82. The summed E-state index contributed by atoms with van der Waals surface area (Å²) < 4.78 is 2.07. The maximum absolute atomic E-state index is 12.1. The van der Waals surface area contributed by atoms with E-state index in [9.17, 15) is 4.79 Å². The van der Waals surface area contributed by atoms with Crippen LogP contribution in [0.2, 0.25) is 0 Å². The molecule has 0 aliphatic carbocycles. The zero-order valence-electron chi connectivity index (χ0n) is 13.0. The second kappa shape index (κ2) is 7.11. The molecule has 1 aromatic heterocycles. The first-order valence-electron chi connectivity index (χ1n) is 7.69. The molecule has 21 heavy (non-hydrogen) atoms. The summed E-state index contributed by atoms with van der Waals surface area (Å²) in [5, 5.41) is 3.11. The largest absolute Gasteiger partial charge is 0.349 e. The molecule has 1 N–H and O–H groups in total. The van der Waals surface area contributed by atoms with Crippen LogP contribution in [0.3, 0.4) is 0 Å². The molecule has 0 saturated carbocycles. The van der Waals surface area contributed by atoms with E-state index in [0.29, 0.717) is 0 Å². The van der Waals surface area contributed by atoms with Crippen LogP contribution in [0.5, 0.6) is 0 Å². The van der Waals surface area contributed by atoms with Crippen molar-refractivity contribution in [3.05, 3.63) is 54.4 Å². The Labute approximate surface area is 127 Å². The summed E-state index contributed by atoms with van der Waals surface area (Å²) >= 11 is 0. The summed E-state index contributed by atoms with van der Waals surface area (Å²) in [5.41, 5.74) is 2.26. The molecule has 0 aliphatic rings. The van der Waals surface area contributed by atoms with Gasteiger partial charge in [0.25, 0.3) is 0 Å². The van der Waals surface area contributed by atoms with E-state index in [1.54, 1.807) is 0 Å². The Morgan fingerprint density at radius 1 is 1.10 bits per heavy atom. The van der Waals surface area contributed by atoms with Crippen LogP contribution in [0, 0.1) is 5.92 Å². The smallest absolute Gasteiger partial charge is 0.223 e. The Balaban J connectivity index is 2.03. The van der Waals surface area contributed by atoms with E-state index in [0.717, 1.165) is 24.1 Å². The Kier molecular flexibility index (Phi) is 5.20. The number of aromatic nitrogens is 1. The number of nitrogens with zero attached hydrogens (tertiary/aromatic N) is 1. The third-order valence-electron chi connectivity index (χ3n) is 4.01. The molecule has 1 atom stereocenters. The average molecular weight is 284 g/mol. The fraction of sp³-hybridized carbons (Fsp3) is 0.389. The van der Waals surface area contributed by atoms with Crippen LogP contribution < -0.4 is 5.32 Å². The topological polar surface area (TPSA) is 34.0 Å². The lowest BCUT2D eigenvalue weighted by Gasteiger charge is -2.19. The predicted molar refractivity (Wildman–Crippen MR) is 86.4 cm³/mol. The molecule has 0 aliphatic heterocycles. The number of nitrogens with one attached hydrogen (secondary N) is 1. The van der Waals surface area contributed by atoms with Gasteiger partial charge in [0.1, 0.15) is 0 Å². The predicted octanol–water partition coefficient (Wildman–Crippen LogP) is 4.09. The number of rotatable bonds is 6. The average Bonchev–Trinajstić information content (AvgIpc) is 3.03. The number of carbonyl (C=O) groups is 1. The molecule has 1 unspecified atom stereocenters. The highest BCUT2D eigenvalue weighted by Gasteiger charge is 2.16. The highest BCUT2D eigenvalue weighted by molar-refractivity contribution is 5.79. The van der Waals surface area contributed by atoms with Crippen molar-refractivity contribution >= 4 is 5.91 Å². The van der Waals surface area contributed by atoms with Gasteiger partial charge in [-0.05, 0) is 49.6 Å². The molecular weight excluding hydrogens is 260 g/mol. The van der Waals surface area contributed by atoms with E-state index in [4.69, 9.17) is 0 Å². The molecule has 1 aromatic carbocycles. The molecule has 1 heterocycles. The monoisotopic (exact) mass is 284 g/mol. The van der Waals surface area contributed by atoms with Crippen molar-refractivity contribution in [1.29, 1.82) is 0 Å². The SMILES string of the molecule is CCC(CC)C(=O)NC(C)c1ccc(-n2cccc2)cc1. The summed E-state index contributed by atoms with van der Waals surface area (Å²) in [5.74, 6) is 0.272. The van der Waals surface area contributed by atoms with Crippen molar-refractivity contribution in [3.63, 3.8) is 0 Å². The molecular formula is C18H24N2O. The van der Waals surface area contributed by atoms with Gasteiger partial charge in [-0.3, -0.25) is 4.79 Å². The zero-order chi connectivity index (χ0) is 15.2. The number of benzene rings is 1. The van der Waals surface area contributed by atoms with E-state index >= 15 is 0 Å². The van der Waals surface area contributed by atoms with Crippen LogP contribution in [-0.2, 0) is 4.79 Å². The number of hydrogen-bond acceptors (Lipinski definition) is 1. The highest BCUT2D eigenvalue weighted by atomic mass is 16.1. The quantitative estimate of drug-likeness (QED) is 0.851. The number of amides is 1. The molecule has 3 heteroatoms. The second-order valence-corrected chi connectivity index (χ2v) is 5.43. The molecule has 112 valence electrons. The minimum absolute atomic E-state index is 0.0387. The molecule has 0 spiro atoms. The molecule has 2 rings (SSSR count). The van der Waals surface area contributed by atoms with Gasteiger partial charge in [0.05, 0.1) is 6.04 Å². The molecule has 1 amide bonds. The minimum atomic E-state index is 0.0387. The lowest BCUT2D eigenvalue weighted by molar-refractivity contribution is -0.125. The first-order chi connectivity index (χ1) is 10.2.